The second kappa shape index (κ2) is 12.0. The molecule has 0 N–H and O–H groups in total. The molecular formula is C52H32N4. The van der Waals surface area contributed by atoms with Gasteiger partial charge in [-0.2, -0.15) is 0 Å². The van der Waals surface area contributed by atoms with Gasteiger partial charge in [-0.25, -0.2) is 9.97 Å². The van der Waals surface area contributed by atoms with E-state index in [1.807, 2.05) is 30.3 Å². The van der Waals surface area contributed by atoms with Crippen LogP contribution >= 0.6 is 0 Å². The Morgan fingerprint density at radius 3 is 1.61 bits per heavy atom. The molecule has 12 rings (SSSR count). The fraction of sp³-hybridized carbons (Fsp3) is 0. The second-order valence-electron chi connectivity index (χ2n) is 14.6. The number of nitrogens with zero attached hydrogens (tertiary/aromatic N) is 4. The van der Waals surface area contributed by atoms with E-state index in [2.05, 4.69) is 173 Å². The third kappa shape index (κ3) is 4.66. The Bertz CT molecular complexity index is 3520. The van der Waals surface area contributed by atoms with Crippen molar-refractivity contribution in [2.75, 3.05) is 0 Å². The number of hydrogen-bond acceptors (Lipinski definition) is 2. The highest BCUT2D eigenvalue weighted by atomic mass is 15.0. The molecule has 3 aromatic heterocycles. The Morgan fingerprint density at radius 2 is 0.821 bits per heavy atom. The minimum Gasteiger partial charge on any atom is -0.309 e. The monoisotopic (exact) mass is 712 g/mol. The van der Waals surface area contributed by atoms with Gasteiger partial charge in [0, 0.05) is 44.0 Å². The van der Waals surface area contributed by atoms with Crippen molar-refractivity contribution in [1.29, 1.82) is 0 Å². The molecule has 0 amide bonds. The molecule has 9 aromatic carbocycles. The van der Waals surface area contributed by atoms with E-state index in [4.69, 9.17) is 9.97 Å². The van der Waals surface area contributed by atoms with Gasteiger partial charge in [0.25, 0.3) is 0 Å². The fourth-order valence-electron chi connectivity index (χ4n) is 8.82. The SMILES string of the molecule is c1ccc(-c2nc3ccccc3nc2-c2ccc3cc(-n4c5ccccc5c5cc6c7cc8ccccc8cc7n(-c7ccccc7)c6cc54)ccc3c2)cc1. The summed E-state index contributed by atoms with van der Waals surface area (Å²) in [6.07, 6.45) is 0. The molecule has 0 aliphatic carbocycles. The zero-order valence-electron chi connectivity index (χ0n) is 30.3. The van der Waals surface area contributed by atoms with Crippen molar-refractivity contribution in [3.8, 4) is 33.9 Å². The molecule has 260 valence electrons. The molecule has 0 unspecified atom stereocenters. The molecule has 0 saturated carbocycles. The molecule has 4 heteroatoms. The second-order valence-corrected chi connectivity index (χ2v) is 14.6. The summed E-state index contributed by atoms with van der Waals surface area (Å²) in [5.41, 5.74) is 12.7. The molecule has 0 saturated heterocycles. The van der Waals surface area contributed by atoms with Crippen molar-refractivity contribution in [3.05, 3.63) is 194 Å². The number of rotatable bonds is 4. The third-order valence-corrected chi connectivity index (χ3v) is 11.4. The lowest BCUT2D eigenvalue weighted by Crippen LogP contribution is -1.96. The van der Waals surface area contributed by atoms with Crippen LogP contribution in [0, 0.1) is 0 Å². The average molecular weight is 713 g/mol. The van der Waals surface area contributed by atoms with E-state index in [1.165, 1.54) is 59.8 Å². The van der Waals surface area contributed by atoms with E-state index in [0.29, 0.717) is 0 Å². The van der Waals surface area contributed by atoms with Crippen molar-refractivity contribution < 1.29 is 0 Å². The first-order chi connectivity index (χ1) is 27.7. The highest BCUT2D eigenvalue weighted by Gasteiger charge is 2.20. The number of aromatic nitrogens is 4. The fourth-order valence-corrected chi connectivity index (χ4v) is 8.82. The quantitative estimate of drug-likeness (QED) is 0.182. The van der Waals surface area contributed by atoms with Crippen LogP contribution < -0.4 is 0 Å². The first kappa shape index (κ1) is 30.9. The van der Waals surface area contributed by atoms with E-state index in [1.54, 1.807) is 0 Å². The minimum absolute atomic E-state index is 0.883. The lowest BCUT2D eigenvalue weighted by molar-refractivity contribution is 1.17. The highest BCUT2D eigenvalue weighted by molar-refractivity contribution is 6.21. The van der Waals surface area contributed by atoms with Crippen LogP contribution in [0.4, 0.5) is 0 Å². The Kier molecular flexibility index (Phi) is 6.60. The summed E-state index contributed by atoms with van der Waals surface area (Å²) < 4.78 is 4.86. The lowest BCUT2D eigenvalue weighted by atomic mass is 10.00. The predicted molar refractivity (Wildman–Crippen MR) is 234 cm³/mol. The van der Waals surface area contributed by atoms with Gasteiger partial charge in [-0.3, -0.25) is 0 Å². The molecule has 3 heterocycles. The molecule has 4 nitrogen and oxygen atoms in total. The molecule has 0 spiro atoms. The summed E-state index contributed by atoms with van der Waals surface area (Å²) in [6.45, 7) is 0. The molecule has 0 bridgehead atoms. The van der Waals surface area contributed by atoms with E-state index < -0.39 is 0 Å². The number of hydrogen-bond donors (Lipinski definition) is 0. The highest BCUT2D eigenvalue weighted by Crippen LogP contribution is 2.41. The van der Waals surface area contributed by atoms with Gasteiger partial charge in [-0.05, 0) is 94.3 Å². The predicted octanol–water partition coefficient (Wildman–Crippen LogP) is 13.5. The number of benzene rings is 9. The average Bonchev–Trinajstić information content (AvgIpc) is 3.75. The largest absolute Gasteiger partial charge is 0.309 e. The van der Waals surface area contributed by atoms with E-state index in [-0.39, 0.29) is 0 Å². The van der Waals surface area contributed by atoms with E-state index in [9.17, 15) is 0 Å². The molecule has 0 aliphatic heterocycles. The smallest absolute Gasteiger partial charge is 0.0973 e. The summed E-state index contributed by atoms with van der Waals surface area (Å²) in [4.78, 5) is 10.3. The van der Waals surface area contributed by atoms with Gasteiger partial charge in [0.15, 0.2) is 0 Å². The van der Waals surface area contributed by atoms with Gasteiger partial charge in [0.2, 0.25) is 0 Å². The van der Waals surface area contributed by atoms with Gasteiger partial charge in [-0.15, -0.1) is 0 Å². The molecule has 0 radical (unpaired) electrons. The van der Waals surface area contributed by atoms with Gasteiger partial charge in [0.1, 0.15) is 0 Å². The maximum absolute atomic E-state index is 5.17. The molecule has 0 atom stereocenters. The van der Waals surface area contributed by atoms with Crippen LogP contribution in [-0.2, 0) is 0 Å². The summed E-state index contributed by atoms with van der Waals surface area (Å²) in [7, 11) is 0. The van der Waals surface area contributed by atoms with Crippen molar-refractivity contribution in [3.63, 3.8) is 0 Å². The van der Waals surface area contributed by atoms with Gasteiger partial charge < -0.3 is 9.13 Å². The van der Waals surface area contributed by atoms with Crippen molar-refractivity contribution in [1.82, 2.24) is 19.1 Å². The number of para-hydroxylation sites is 4. The molecular weight excluding hydrogens is 681 g/mol. The van der Waals surface area contributed by atoms with Crippen LogP contribution in [0.3, 0.4) is 0 Å². The molecule has 12 aromatic rings. The summed E-state index contributed by atoms with van der Waals surface area (Å²) in [5.74, 6) is 0. The molecule has 0 aliphatic rings. The first-order valence-electron chi connectivity index (χ1n) is 19.1. The lowest BCUT2D eigenvalue weighted by Gasteiger charge is -2.13. The Balaban J connectivity index is 1.07. The van der Waals surface area contributed by atoms with E-state index in [0.717, 1.165) is 50.3 Å². The topological polar surface area (TPSA) is 35.6 Å². The van der Waals surface area contributed by atoms with Crippen LogP contribution in [0.25, 0.3) is 110 Å². The van der Waals surface area contributed by atoms with Crippen LogP contribution in [-0.4, -0.2) is 19.1 Å². The minimum atomic E-state index is 0.883. The van der Waals surface area contributed by atoms with Gasteiger partial charge in [0.05, 0.1) is 44.5 Å². The van der Waals surface area contributed by atoms with Crippen LogP contribution in [0.5, 0.6) is 0 Å². The summed E-state index contributed by atoms with van der Waals surface area (Å²) in [5, 5.41) is 9.80. The zero-order chi connectivity index (χ0) is 36.7. The number of fused-ring (bicyclic) bond motifs is 9. The summed E-state index contributed by atoms with van der Waals surface area (Å²) in [6, 6.07) is 69.7. The van der Waals surface area contributed by atoms with Gasteiger partial charge in [-0.1, -0.05) is 121 Å². The Hall–Kier alpha value is -7.56. The maximum Gasteiger partial charge on any atom is 0.0973 e. The Labute approximate surface area is 322 Å². The van der Waals surface area contributed by atoms with Crippen LogP contribution in [0.15, 0.2) is 194 Å². The van der Waals surface area contributed by atoms with Crippen LogP contribution in [0.2, 0.25) is 0 Å². The van der Waals surface area contributed by atoms with Crippen molar-refractivity contribution in [2.45, 2.75) is 0 Å². The normalized spacial score (nSPS) is 11.9. The van der Waals surface area contributed by atoms with Gasteiger partial charge >= 0.3 is 0 Å². The Morgan fingerprint density at radius 1 is 0.286 bits per heavy atom. The van der Waals surface area contributed by atoms with E-state index >= 15 is 0 Å². The van der Waals surface area contributed by atoms with Crippen molar-refractivity contribution >= 4 is 76.2 Å². The third-order valence-electron chi connectivity index (χ3n) is 11.4. The van der Waals surface area contributed by atoms with Crippen molar-refractivity contribution in [2.24, 2.45) is 0 Å². The first-order valence-corrected chi connectivity index (χ1v) is 19.1. The maximum atomic E-state index is 5.17. The molecule has 0 fully saturated rings. The van der Waals surface area contributed by atoms with Crippen LogP contribution in [0.1, 0.15) is 0 Å². The summed E-state index contributed by atoms with van der Waals surface area (Å²) >= 11 is 0. The standard InChI is InChI=1S/C52H32N4/c1-3-13-33(14-4-1)51-52(54-46-21-11-10-20-45(46)53-51)38-24-23-37-28-40(26-25-36(37)27-38)56-47-22-12-9-19-41(47)43-31-44-42-29-34-15-7-8-16-35(34)30-48(42)55(50(44)32-49(43)56)39-17-5-2-6-18-39/h1-32H. The molecule has 56 heavy (non-hydrogen) atoms. The zero-order valence-corrected chi connectivity index (χ0v) is 30.3.